The molecule has 5 heteroatoms. The second-order valence-electron chi connectivity index (χ2n) is 12.4. The quantitative estimate of drug-likeness (QED) is 0.138. The molecule has 0 unspecified atom stereocenters. The smallest absolute Gasteiger partial charge is 0.269 e. The standard InChI is InChI=1S/C38H34N2O3/c1-37(2)33-18-11-17-28-14-9-10-23-39(35(28)33)38(37)25-30(26-12-5-3-6-13-26)24-32(27-19-21-31(22-20-27)40(42)43)34(38)36(41)29-15-7-4-8-16-29/h3-8,11-13,15-22,24-25,34H,9-10,14,23H2,1-2H3/t34-,38-/m0/s1. The highest BCUT2D eigenvalue weighted by Crippen LogP contribution is 2.62. The number of nitrogens with zero attached hydrogens (tertiary/aromatic N) is 2. The number of non-ortho nitro benzene ring substituents is 1. The van der Waals surface area contributed by atoms with Gasteiger partial charge in [-0.1, -0.05) is 92.7 Å². The summed E-state index contributed by atoms with van der Waals surface area (Å²) in [6.07, 6.45) is 7.66. The number of carbonyl (C=O) groups is 1. The number of nitro groups is 1. The molecule has 0 saturated carbocycles. The molecule has 0 aromatic heterocycles. The molecule has 4 aromatic carbocycles. The van der Waals surface area contributed by atoms with Crippen LogP contribution in [0.2, 0.25) is 0 Å². The summed E-state index contributed by atoms with van der Waals surface area (Å²) in [5.74, 6) is -0.502. The molecular formula is C38H34N2O3. The molecule has 0 amide bonds. The number of anilines is 1. The third-order valence-corrected chi connectivity index (χ3v) is 9.87. The monoisotopic (exact) mass is 566 g/mol. The Balaban J connectivity index is 1.56. The number of benzene rings is 4. The number of ketones is 1. The SMILES string of the molecule is CC1(C)c2cccc3c2N(CCCC3)[C@]12C=C(c1ccccc1)C=C(c1ccc([N+](=O)[O-])cc1)[C@H]2C(=O)c1ccccc1. The maximum Gasteiger partial charge on any atom is 0.269 e. The number of Topliss-reactive ketones (excluding diaryl/α,β-unsaturated/α-hetero) is 1. The van der Waals surface area contributed by atoms with Crippen molar-refractivity contribution in [3.8, 4) is 0 Å². The van der Waals surface area contributed by atoms with E-state index >= 15 is 4.79 Å². The normalized spacial score (nSPS) is 21.9. The molecule has 1 aliphatic carbocycles. The van der Waals surface area contributed by atoms with Gasteiger partial charge in [0.05, 0.1) is 16.4 Å². The van der Waals surface area contributed by atoms with E-state index in [0.29, 0.717) is 5.56 Å². The van der Waals surface area contributed by atoms with E-state index in [0.717, 1.165) is 48.1 Å². The summed E-state index contributed by atoms with van der Waals surface area (Å²) in [5.41, 5.74) is 7.25. The van der Waals surface area contributed by atoms with Gasteiger partial charge in [0.15, 0.2) is 5.78 Å². The first-order chi connectivity index (χ1) is 20.8. The van der Waals surface area contributed by atoms with Crippen LogP contribution in [0.3, 0.4) is 0 Å². The van der Waals surface area contributed by atoms with Crippen LogP contribution >= 0.6 is 0 Å². The van der Waals surface area contributed by atoms with E-state index in [-0.39, 0.29) is 16.4 Å². The number of rotatable bonds is 5. The van der Waals surface area contributed by atoms with Gasteiger partial charge in [0.1, 0.15) is 0 Å². The van der Waals surface area contributed by atoms with Crippen molar-refractivity contribution in [3.05, 3.63) is 153 Å². The van der Waals surface area contributed by atoms with Gasteiger partial charge in [-0.05, 0) is 76.9 Å². The van der Waals surface area contributed by atoms with Crippen molar-refractivity contribution in [1.29, 1.82) is 0 Å². The highest BCUT2D eigenvalue weighted by atomic mass is 16.6. The largest absolute Gasteiger partial charge is 0.360 e. The van der Waals surface area contributed by atoms with Crippen molar-refractivity contribution in [1.82, 2.24) is 0 Å². The lowest BCUT2D eigenvalue weighted by molar-refractivity contribution is -0.384. The Morgan fingerprint density at radius 2 is 1.53 bits per heavy atom. The average Bonchev–Trinajstić information content (AvgIpc) is 3.17. The van der Waals surface area contributed by atoms with Crippen LogP contribution in [-0.4, -0.2) is 22.8 Å². The molecule has 0 radical (unpaired) electrons. The predicted molar refractivity (Wildman–Crippen MR) is 172 cm³/mol. The summed E-state index contributed by atoms with van der Waals surface area (Å²) >= 11 is 0. The maximum atomic E-state index is 15.0. The molecule has 4 aromatic rings. The zero-order valence-electron chi connectivity index (χ0n) is 24.5. The number of fused-ring (bicyclic) bond motifs is 1. The number of aryl methyl sites for hydroxylation is 1. The maximum absolute atomic E-state index is 15.0. The molecule has 5 nitrogen and oxygen atoms in total. The Hall–Kier alpha value is -4.77. The topological polar surface area (TPSA) is 63.4 Å². The summed E-state index contributed by atoms with van der Waals surface area (Å²) < 4.78 is 0. The summed E-state index contributed by atoms with van der Waals surface area (Å²) in [7, 11) is 0. The fourth-order valence-electron chi connectivity index (χ4n) is 7.79. The molecule has 7 rings (SSSR count). The molecule has 0 saturated heterocycles. The third-order valence-electron chi connectivity index (χ3n) is 9.87. The summed E-state index contributed by atoms with van der Waals surface area (Å²) in [4.78, 5) is 28.8. The number of carbonyl (C=O) groups excluding carboxylic acids is 1. The molecule has 2 heterocycles. The average molecular weight is 567 g/mol. The molecule has 0 N–H and O–H groups in total. The zero-order chi connectivity index (χ0) is 29.8. The van der Waals surface area contributed by atoms with E-state index in [4.69, 9.17) is 0 Å². The first-order valence-electron chi connectivity index (χ1n) is 15.1. The van der Waals surface area contributed by atoms with Gasteiger partial charge in [0.25, 0.3) is 5.69 Å². The van der Waals surface area contributed by atoms with E-state index in [9.17, 15) is 10.1 Å². The van der Waals surface area contributed by atoms with Crippen molar-refractivity contribution >= 4 is 28.3 Å². The van der Waals surface area contributed by atoms with Crippen molar-refractivity contribution in [2.24, 2.45) is 5.92 Å². The van der Waals surface area contributed by atoms with Crippen molar-refractivity contribution in [2.75, 3.05) is 11.4 Å². The fraction of sp³-hybridized carbons (Fsp3) is 0.237. The Morgan fingerprint density at radius 3 is 2.23 bits per heavy atom. The van der Waals surface area contributed by atoms with Crippen LogP contribution < -0.4 is 4.90 Å². The van der Waals surface area contributed by atoms with Gasteiger partial charge in [-0.25, -0.2) is 0 Å². The Kier molecular flexibility index (Phi) is 6.42. The minimum absolute atomic E-state index is 0.0328. The number of hydrogen-bond acceptors (Lipinski definition) is 4. The van der Waals surface area contributed by atoms with Crippen LogP contribution in [0.15, 0.2) is 115 Å². The second kappa shape index (κ2) is 10.2. The molecule has 2 aliphatic heterocycles. The Morgan fingerprint density at radius 1 is 0.837 bits per heavy atom. The van der Waals surface area contributed by atoms with Crippen LogP contribution in [0.5, 0.6) is 0 Å². The van der Waals surface area contributed by atoms with Gasteiger partial charge in [-0.15, -0.1) is 0 Å². The zero-order valence-corrected chi connectivity index (χ0v) is 24.5. The van der Waals surface area contributed by atoms with Gasteiger partial charge < -0.3 is 4.90 Å². The highest BCUT2D eigenvalue weighted by Gasteiger charge is 2.63. The first-order valence-corrected chi connectivity index (χ1v) is 15.1. The lowest BCUT2D eigenvalue weighted by Gasteiger charge is -2.53. The van der Waals surface area contributed by atoms with Crippen LogP contribution in [0.4, 0.5) is 11.4 Å². The number of hydrogen-bond donors (Lipinski definition) is 0. The Bertz CT molecular complexity index is 1790. The van der Waals surface area contributed by atoms with Gasteiger partial charge in [0.2, 0.25) is 0 Å². The van der Waals surface area contributed by atoms with Crippen molar-refractivity contribution in [2.45, 2.75) is 44.1 Å². The van der Waals surface area contributed by atoms with Gasteiger partial charge >= 0.3 is 0 Å². The van der Waals surface area contributed by atoms with Gasteiger partial charge in [0, 0.05) is 35.3 Å². The van der Waals surface area contributed by atoms with Crippen LogP contribution in [-0.2, 0) is 11.8 Å². The fourth-order valence-corrected chi connectivity index (χ4v) is 7.79. The van der Waals surface area contributed by atoms with Crippen LogP contribution in [0.1, 0.15) is 59.3 Å². The minimum atomic E-state index is -0.722. The second-order valence-corrected chi connectivity index (χ2v) is 12.4. The third kappa shape index (κ3) is 4.09. The molecule has 0 bridgehead atoms. The Labute approximate surface area is 252 Å². The van der Waals surface area contributed by atoms with E-state index in [1.54, 1.807) is 24.3 Å². The van der Waals surface area contributed by atoms with Gasteiger partial charge in [-0.3, -0.25) is 14.9 Å². The summed E-state index contributed by atoms with van der Waals surface area (Å²) in [5, 5.41) is 11.6. The molecule has 1 spiro atoms. The molecule has 43 heavy (non-hydrogen) atoms. The molecule has 0 fully saturated rings. The van der Waals surface area contributed by atoms with Gasteiger partial charge in [-0.2, -0.15) is 0 Å². The summed E-state index contributed by atoms with van der Waals surface area (Å²) in [6, 6.07) is 33.3. The minimum Gasteiger partial charge on any atom is -0.360 e. The molecule has 2 atom stereocenters. The number of nitro benzene ring substituents is 1. The number of para-hydroxylation sites is 1. The lowest BCUT2D eigenvalue weighted by atomic mass is 9.57. The first kappa shape index (κ1) is 27.1. The summed E-state index contributed by atoms with van der Waals surface area (Å²) in [6.45, 7) is 5.43. The molecular weight excluding hydrogens is 532 g/mol. The molecule has 214 valence electrons. The van der Waals surface area contributed by atoms with Crippen LogP contribution in [0, 0.1) is 16.0 Å². The molecule has 3 aliphatic rings. The van der Waals surface area contributed by atoms with E-state index in [2.05, 4.69) is 61.2 Å². The van der Waals surface area contributed by atoms with E-state index < -0.39 is 16.9 Å². The van der Waals surface area contributed by atoms with E-state index in [1.807, 2.05) is 48.5 Å². The predicted octanol–water partition coefficient (Wildman–Crippen LogP) is 8.45. The lowest BCUT2D eigenvalue weighted by Crippen LogP contribution is -2.62. The van der Waals surface area contributed by atoms with Crippen molar-refractivity contribution < 1.29 is 9.72 Å². The highest BCUT2D eigenvalue weighted by molar-refractivity contribution is 6.10. The van der Waals surface area contributed by atoms with Crippen molar-refractivity contribution in [3.63, 3.8) is 0 Å². The van der Waals surface area contributed by atoms with Crippen LogP contribution in [0.25, 0.3) is 11.1 Å². The number of allylic oxidation sites excluding steroid dienone is 2. The van der Waals surface area contributed by atoms with E-state index in [1.165, 1.54) is 16.8 Å².